The lowest BCUT2D eigenvalue weighted by molar-refractivity contribution is -0.140. The van der Waals surface area contributed by atoms with Gasteiger partial charge in [0.2, 0.25) is 11.8 Å². The van der Waals surface area contributed by atoms with Crippen LogP contribution in [0.15, 0.2) is 60.8 Å². The second-order valence-corrected chi connectivity index (χ2v) is 14.3. The van der Waals surface area contributed by atoms with Crippen molar-refractivity contribution in [2.75, 3.05) is 6.54 Å². The quantitative estimate of drug-likeness (QED) is 0.208. The molecule has 0 saturated heterocycles. The highest BCUT2D eigenvalue weighted by Gasteiger charge is 2.51. The molecule has 5 fully saturated rings. The number of aliphatic carboxylic acids is 1. The van der Waals surface area contributed by atoms with E-state index in [-0.39, 0.29) is 25.0 Å². The molecule has 1 aromatic heterocycles. The van der Waals surface area contributed by atoms with Crippen LogP contribution < -0.4 is 16.0 Å². The van der Waals surface area contributed by atoms with Gasteiger partial charge >= 0.3 is 12.1 Å². The Morgan fingerprint density at radius 3 is 2.26 bits per heavy atom. The van der Waals surface area contributed by atoms with Gasteiger partial charge in [-0.05, 0) is 86.3 Å². The van der Waals surface area contributed by atoms with E-state index in [0.717, 1.165) is 59.5 Å². The van der Waals surface area contributed by atoms with Crippen LogP contribution in [-0.4, -0.2) is 52.2 Å². The van der Waals surface area contributed by atoms with Crippen molar-refractivity contribution in [2.45, 2.75) is 69.6 Å². The molecule has 3 aromatic rings. The van der Waals surface area contributed by atoms with Gasteiger partial charge in [-0.3, -0.25) is 14.4 Å². The third kappa shape index (κ3) is 6.09. The minimum Gasteiger partial charge on any atom is -0.481 e. The Morgan fingerprint density at radius 1 is 0.913 bits per heavy atom. The molecule has 4 atom stereocenters. The fraction of sp³-hybridized carbons (Fsp3) is 0.500. The highest BCUT2D eigenvalue weighted by molar-refractivity contribution is 5.92. The van der Waals surface area contributed by atoms with Crippen LogP contribution in [0.1, 0.15) is 62.6 Å². The Labute approximate surface area is 268 Å². The van der Waals surface area contributed by atoms with Crippen LogP contribution in [0.2, 0.25) is 0 Å². The molecule has 4 bridgehead atoms. The first kappa shape index (κ1) is 30.3. The van der Waals surface area contributed by atoms with Gasteiger partial charge in [-0.15, -0.1) is 0 Å². The number of carbonyl (C=O) groups excluding carboxylic acids is 3. The largest absolute Gasteiger partial charge is 0.481 e. The summed E-state index contributed by atoms with van der Waals surface area (Å²) in [5, 5.41) is 19.2. The number of nitrogens with one attached hydrogen (secondary N) is 4. The molecule has 5 N–H and O–H groups in total. The predicted molar refractivity (Wildman–Crippen MR) is 170 cm³/mol. The fourth-order valence-electron chi connectivity index (χ4n) is 8.65. The molecule has 46 heavy (non-hydrogen) atoms. The molecule has 2 aromatic carbocycles. The third-order valence-electron chi connectivity index (χ3n) is 10.9. The Morgan fingerprint density at radius 2 is 1.59 bits per heavy atom. The van der Waals surface area contributed by atoms with Gasteiger partial charge in [0.1, 0.15) is 11.6 Å². The van der Waals surface area contributed by atoms with Gasteiger partial charge in [0.25, 0.3) is 0 Å². The highest BCUT2D eigenvalue weighted by atomic mass is 16.6. The van der Waals surface area contributed by atoms with Crippen molar-refractivity contribution in [1.29, 1.82) is 0 Å². The molecule has 10 nitrogen and oxygen atoms in total. The van der Waals surface area contributed by atoms with Crippen molar-refractivity contribution in [2.24, 2.45) is 35.5 Å². The number of H-pyrrole nitrogens is 1. The Balaban J connectivity index is 1.08. The van der Waals surface area contributed by atoms with Crippen LogP contribution in [0.25, 0.3) is 10.9 Å². The normalized spacial score (nSPS) is 29.4. The van der Waals surface area contributed by atoms with Gasteiger partial charge in [-0.1, -0.05) is 48.5 Å². The Bertz CT molecular complexity index is 1610. The van der Waals surface area contributed by atoms with E-state index in [1.54, 1.807) is 6.92 Å². The first-order valence-electron chi connectivity index (χ1n) is 16.6. The monoisotopic (exact) mass is 626 g/mol. The molecule has 5 saturated carbocycles. The maximum absolute atomic E-state index is 14.1. The van der Waals surface area contributed by atoms with Crippen LogP contribution in [0.3, 0.4) is 0 Å². The predicted octanol–water partition coefficient (Wildman–Crippen LogP) is 4.71. The van der Waals surface area contributed by atoms with Crippen LogP contribution in [0, 0.1) is 35.5 Å². The average Bonchev–Trinajstić information content (AvgIpc) is 3.76. The summed E-state index contributed by atoms with van der Waals surface area (Å²) in [5.41, 5.74) is 1.22. The molecule has 0 aliphatic heterocycles. The maximum Gasteiger partial charge on any atom is 0.408 e. The summed E-state index contributed by atoms with van der Waals surface area (Å²) in [7, 11) is 0. The number of carboxylic acids is 1. The summed E-state index contributed by atoms with van der Waals surface area (Å²) in [6.07, 6.45) is 7.41. The van der Waals surface area contributed by atoms with Gasteiger partial charge in [0.15, 0.2) is 0 Å². The molecule has 242 valence electrons. The molecule has 8 rings (SSSR count). The molecule has 0 radical (unpaired) electrons. The van der Waals surface area contributed by atoms with E-state index < -0.39 is 41.4 Å². The van der Waals surface area contributed by atoms with Crippen molar-refractivity contribution >= 4 is 34.8 Å². The van der Waals surface area contributed by atoms with Crippen molar-refractivity contribution in [3.05, 3.63) is 71.9 Å². The highest BCUT2D eigenvalue weighted by Crippen LogP contribution is 2.54. The van der Waals surface area contributed by atoms with E-state index in [4.69, 9.17) is 4.74 Å². The van der Waals surface area contributed by atoms with Crippen LogP contribution in [0.5, 0.6) is 0 Å². The number of carbonyl (C=O) groups is 4. The van der Waals surface area contributed by atoms with Gasteiger partial charge in [-0.25, -0.2) is 4.79 Å². The van der Waals surface area contributed by atoms with Crippen molar-refractivity contribution in [3.8, 4) is 0 Å². The van der Waals surface area contributed by atoms with E-state index in [1.165, 1.54) is 6.42 Å². The molecular formula is C36H42N4O6. The molecule has 5 aliphatic rings. The number of amides is 3. The molecule has 10 heteroatoms. The van der Waals surface area contributed by atoms with Crippen molar-refractivity contribution < 1.29 is 29.0 Å². The number of aromatic nitrogens is 1. The van der Waals surface area contributed by atoms with Gasteiger partial charge in [0, 0.05) is 30.1 Å². The number of hydrogen-bond donors (Lipinski definition) is 5. The third-order valence-corrected chi connectivity index (χ3v) is 10.9. The number of alkyl carbamates (subject to hydrolysis) is 1. The fourth-order valence-corrected chi connectivity index (χ4v) is 8.65. The Hall–Kier alpha value is -4.34. The molecule has 5 aliphatic carbocycles. The zero-order valence-electron chi connectivity index (χ0n) is 26.0. The number of rotatable bonds is 11. The molecule has 1 heterocycles. The van der Waals surface area contributed by atoms with E-state index in [9.17, 15) is 24.3 Å². The van der Waals surface area contributed by atoms with E-state index in [0.29, 0.717) is 18.3 Å². The zero-order chi connectivity index (χ0) is 32.0. The standard InChI is InChI=1S/C36H42N4O6/c1-36(17-25-18-37-29-10-6-5-9-26(25)29,40-35(45)46-31-23-12-20-11-21(14-23)15-24(31)13-20)34(44)38-19-30(22-7-3-2-4-8-22)39-32(41)27-16-28(27)33(42)43/h2-10,18,20-21,23-24,27-28,30-31,37H,11-17,19H2,1H3,(H,38,44)(H,39,41)(H,40,45)(H,42,43)/t20?,21?,23?,24?,27-,28+,30?,31?,36+/m0/s1. The van der Waals surface area contributed by atoms with Gasteiger partial charge in [-0.2, -0.15) is 0 Å². The lowest BCUT2D eigenvalue weighted by Crippen LogP contribution is -2.60. The van der Waals surface area contributed by atoms with E-state index >= 15 is 0 Å². The SMILES string of the molecule is C[C@](Cc1c[nH]c2ccccc12)(NC(=O)OC1C2CC3CC(C2)CC1C3)C(=O)NCC(NC(=O)[C@H]1C[C@H]1C(=O)O)c1ccccc1. The summed E-state index contributed by atoms with van der Waals surface area (Å²) in [6.45, 7) is 1.76. The van der Waals surface area contributed by atoms with Crippen LogP contribution in [-0.2, 0) is 25.5 Å². The second-order valence-electron chi connectivity index (χ2n) is 14.3. The number of aromatic amines is 1. The second kappa shape index (κ2) is 12.1. The first-order chi connectivity index (χ1) is 22.2. The smallest absolute Gasteiger partial charge is 0.408 e. The Kier molecular flexibility index (Phi) is 7.98. The molecule has 3 amide bonds. The lowest BCUT2D eigenvalue weighted by atomic mass is 9.55. The van der Waals surface area contributed by atoms with E-state index in [1.807, 2.05) is 60.8 Å². The van der Waals surface area contributed by atoms with Crippen molar-refractivity contribution in [3.63, 3.8) is 0 Å². The molecular weight excluding hydrogens is 584 g/mol. The topological polar surface area (TPSA) is 150 Å². The van der Waals surface area contributed by atoms with Gasteiger partial charge in [0.05, 0.1) is 17.9 Å². The number of carboxylic acid groups (broad SMARTS) is 1. The summed E-state index contributed by atoms with van der Waals surface area (Å²) in [6, 6.07) is 16.5. The summed E-state index contributed by atoms with van der Waals surface area (Å²) in [5.74, 6) is -0.754. The van der Waals surface area contributed by atoms with E-state index in [2.05, 4.69) is 20.9 Å². The van der Waals surface area contributed by atoms with Crippen molar-refractivity contribution in [1.82, 2.24) is 20.9 Å². The van der Waals surface area contributed by atoms with Gasteiger partial charge < -0.3 is 30.8 Å². The number of para-hydroxylation sites is 1. The number of ether oxygens (including phenoxy) is 1. The minimum absolute atomic E-state index is 0.0504. The minimum atomic E-state index is -1.37. The van der Waals surface area contributed by atoms with Crippen LogP contribution in [0.4, 0.5) is 4.79 Å². The zero-order valence-corrected chi connectivity index (χ0v) is 26.0. The lowest BCUT2D eigenvalue weighted by Gasteiger charge is -2.53. The number of benzene rings is 2. The van der Waals surface area contributed by atoms with Crippen LogP contribution >= 0.6 is 0 Å². The number of fused-ring (bicyclic) bond motifs is 1. The summed E-state index contributed by atoms with van der Waals surface area (Å²) >= 11 is 0. The molecule has 0 spiro atoms. The number of hydrogen-bond acceptors (Lipinski definition) is 5. The maximum atomic E-state index is 14.1. The summed E-state index contributed by atoms with van der Waals surface area (Å²) < 4.78 is 6.15. The molecule has 1 unspecified atom stereocenters. The summed E-state index contributed by atoms with van der Waals surface area (Å²) in [4.78, 5) is 55.3. The average molecular weight is 627 g/mol. The first-order valence-corrected chi connectivity index (χ1v) is 16.6.